The summed E-state index contributed by atoms with van der Waals surface area (Å²) in [6, 6.07) is 7.47. The van der Waals surface area contributed by atoms with Crippen LogP contribution in [0.5, 0.6) is 17.4 Å². The molecular weight excluding hydrogens is 274 g/mol. The lowest BCUT2D eigenvalue weighted by Crippen LogP contribution is -2.08. The van der Waals surface area contributed by atoms with Crippen molar-refractivity contribution in [3.05, 3.63) is 41.5 Å². The number of imidazole rings is 1. The molecule has 3 aromatic rings. The van der Waals surface area contributed by atoms with Gasteiger partial charge in [-0.05, 0) is 31.3 Å². The Hall–Kier alpha value is -2.05. The normalized spacial score (nSPS) is 10.9. The smallest absolute Gasteiger partial charge is 0.243 e. The Morgan fingerprint density at radius 1 is 1.25 bits per heavy atom. The van der Waals surface area contributed by atoms with Gasteiger partial charge in [0.25, 0.3) is 0 Å². The summed E-state index contributed by atoms with van der Waals surface area (Å²) in [6.07, 6.45) is 2.00. The Morgan fingerprint density at radius 2 is 2.00 bits per heavy atom. The van der Waals surface area contributed by atoms with Crippen molar-refractivity contribution < 1.29 is 9.47 Å². The van der Waals surface area contributed by atoms with Crippen LogP contribution in [0, 0.1) is 0 Å². The van der Waals surface area contributed by atoms with Crippen molar-refractivity contribution in [1.29, 1.82) is 0 Å². The second-order valence-corrected chi connectivity index (χ2v) is 5.10. The first-order valence-corrected chi connectivity index (χ1v) is 7.10. The molecule has 0 unspecified atom stereocenters. The molecule has 6 heteroatoms. The first kappa shape index (κ1) is 13.0. The number of rotatable bonds is 5. The number of thiazole rings is 1. The monoisotopic (exact) mass is 289 g/mol. The highest BCUT2D eigenvalue weighted by atomic mass is 32.1. The van der Waals surface area contributed by atoms with Gasteiger partial charge in [-0.25, -0.2) is 0 Å². The molecule has 1 aromatic carbocycles. The van der Waals surface area contributed by atoms with Crippen molar-refractivity contribution in [2.75, 3.05) is 14.2 Å². The van der Waals surface area contributed by atoms with E-state index in [4.69, 9.17) is 9.47 Å². The molecule has 0 saturated heterocycles. The SMILES string of the molecule is CNCc1c(Oc2ccc(OC)cc2)nc2sccn12. The second kappa shape index (κ2) is 5.52. The van der Waals surface area contributed by atoms with E-state index in [1.165, 1.54) is 0 Å². The lowest BCUT2D eigenvalue weighted by Gasteiger charge is -2.06. The molecule has 5 nitrogen and oxygen atoms in total. The van der Waals surface area contributed by atoms with E-state index in [1.54, 1.807) is 18.4 Å². The molecule has 0 amide bonds. The van der Waals surface area contributed by atoms with E-state index >= 15 is 0 Å². The van der Waals surface area contributed by atoms with Crippen molar-refractivity contribution in [2.24, 2.45) is 0 Å². The third-order valence-corrected chi connectivity index (χ3v) is 3.70. The van der Waals surface area contributed by atoms with Gasteiger partial charge in [0.2, 0.25) is 5.88 Å². The largest absolute Gasteiger partial charge is 0.497 e. The van der Waals surface area contributed by atoms with Gasteiger partial charge < -0.3 is 14.8 Å². The van der Waals surface area contributed by atoms with Crippen LogP contribution in [0.4, 0.5) is 0 Å². The number of hydrogen-bond donors (Lipinski definition) is 1. The number of hydrogen-bond acceptors (Lipinski definition) is 5. The maximum atomic E-state index is 5.88. The fourth-order valence-electron chi connectivity index (χ4n) is 1.98. The molecule has 0 saturated carbocycles. The molecule has 2 heterocycles. The molecule has 1 N–H and O–H groups in total. The van der Waals surface area contributed by atoms with Gasteiger partial charge in [-0.1, -0.05) is 0 Å². The first-order valence-electron chi connectivity index (χ1n) is 6.22. The summed E-state index contributed by atoms with van der Waals surface area (Å²) in [5, 5.41) is 5.15. The average molecular weight is 289 g/mol. The van der Waals surface area contributed by atoms with E-state index in [1.807, 2.05) is 47.3 Å². The van der Waals surface area contributed by atoms with Crippen LogP contribution in [0.2, 0.25) is 0 Å². The summed E-state index contributed by atoms with van der Waals surface area (Å²) in [6.45, 7) is 0.698. The predicted octanol–water partition coefficient (Wildman–Crippen LogP) is 2.92. The third kappa shape index (κ3) is 2.35. The summed E-state index contributed by atoms with van der Waals surface area (Å²) in [5.74, 6) is 2.18. The maximum Gasteiger partial charge on any atom is 0.243 e. The van der Waals surface area contributed by atoms with Gasteiger partial charge in [-0.2, -0.15) is 4.98 Å². The summed E-state index contributed by atoms with van der Waals surface area (Å²) in [4.78, 5) is 5.45. The molecule has 0 atom stereocenters. The number of benzene rings is 1. The second-order valence-electron chi connectivity index (χ2n) is 4.23. The van der Waals surface area contributed by atoms with Crippen molar-refractivity contribution in [3.8, 4) is 17.4 Å². The van der Waals surface area contributed by atoms with E-state index in [0.717, 1.165) is 22.2 Å². The molecule has 2 aromatic heterocycles. The number of fused-ring (bicyclic) bond motifs is 1. The van der Waals surface area contributed by atoms with Crippen LogP contribution in [0.3, 0.4) is 0 Å². The molecule has 0 aliphatic heterocycles. The fraction of sp³-hybridized carbons (Fsp3) is 0.214. The number of ether oxygens (including phenoxy) is 2. The molecule has 0 bridgehead atoms. The van der Waals surface area contributed by atoms with E-state index in [0.29, 0.717) is 12.4 Å². The highest BCUT2D eigenvalue weighted by Gasteiger charge is 2.14. The van der Waals surface area contributed by atoms with Crippen LogP contribution in [0.15, 0.2) is 35.8 Å². The van der Waals surface area contributed by atoms with Crippen molar-refractivity contribution in [2.45, 2.75) is 6.54 Å². The Morgan fingerprint density at radius 3 is 2.70 bits per heavy atom. The molecule has 0 fully saturated rings. The topological polar surface area (TPSA) is 47.8 Å². The van der Waals surface area contributed by atoms with Gasteiger partial charge in [0.05, 0.1) is 7.11 Å². The Bertz CT molecular complexity index is 703. The van der Waals surface area contributed by atoms with Crippen LogP contribution in [-0.4, -0.2) is 23.5 Å². The van der Waals surface area contributed by atoms with Gasteiger partial charge in [0, 0.05) is 18.1 Å². The lowest BCUT2D eigenvalue weighted by molar-refractivity contribution is 0.412. The van der Waals surface area contributed by atoms with Crippen LogP contribution < -0.4 is 14.8 Å². The highest BCUT2D eigenvalue weighted by molar-refractivity contribution is 7.15. The van der Waals surface area contributed by atoms with Gasteiger partial charge in [0.15, 0.2) is 4.96 Å². The molecule has 104 valence electrons. The molecule has 0 radical (unpaired) electrons. The van der Waals surface area contributed by atoms with Gasteiger partial charge >= 0.3 is 0 Å². The molecular formula is C14H15N3O2S. The lowest BCUT2D eigenvalue weighted by atomic mass is 10.3. The van der Waals surface area contributed by atoms with Crippen LogP contribution in [0.25, 0.3) is 4.96 Å². The zero-order chi connectivity index (χ0) is 13.9. The quantitative estimate of drug-likeness (QED) is 0.784. The first-order chi connectivity index (χ1) is 9.81. The zero-order valence-electron chi connectivity index (χ0n) is 11.3. The zero-order valence-corrected chi connectivity index (χ0v) is 12.1. The van der Waals surface area contributed by atoms with Crippen LogP contribution >= 0.6 is 11.3 Å². The van der Waals surface area contributed by atoms with Crippen LogP contribution in [0.1, 0.15) is 5.69 Å². The van der Waals surface area contributed by atoms with Gasteiger partial charge in [-0.3, -0.25) is 4.40 Å². The van der Waals surface area contributed by atoms with E-state index in [9.17, 15) is 0 Å². The van der Waals surface area contributed by atoms with E-state index in [-0.39, 0.29) is 0 Å². The molecule has 0 aliphatic rings. The predicted molar refractivity (Wildman–Crippen MR) is 78.9 cm³/mol. The highest BCUT2D eigenvalue weighted by Crippen LogP contribution is 2.28. The molecule has 0 aliphatic carbocycles. The Kier molecular flexibility index (Phi) is 3.58. The number of nitrogens with zero attached hydrogens (tertiary/aromatic N) is 2. The average Bonchev–Trinajstić information content (AvgIpc) is 3.03. The van der Waals surface area contributed by atoms with Gasteiger partial charge in [0.1, 0.15) is 17.2 Å². The molecule has 0 spiro atoms. The van der Waals surface area contributed by atoms with Crippen molar-refractivity contribution >= 4 is 16.3 Å². The minimum Gasteiger partial charge on any atom is -0.497 e. The molecule has 3 rings (SSSR count). The van der Waals surface area contributed by atoms with Crippen molar-refractivity contribution in [1.82, 2.24) is 14.7 Å². The Labute approximate surface area is 120 Å². The van der Waals surface area contributed by atoms with Crippen LogP contribution in [-0.2, 0) is 6.54 Å². The van der Waals surface area contributed by atoms with Gasteiger partial charge in [-0.15, -0.1) is 11.3 Å². The summed E-state index contributed by atoms with van der Waals surface area (Å²) >= 11 is 1.59. The maximum absolute atomic E-state index is 5.88. The third-order valence-electron chi connectivity index (χ3n) is 2.94. The summed E-state index contributed by atoms with van der Waals surface area (Å²) in [5.41, 5.74) is 1.01. The summed E-state index contributed by atoms with van der Waals surface area (Å²) in [7, 11) is 3.55. The van der Waals surface area contributed by atoms with E-state index in [2.05, 4.69) is 10.3 Å². The summed E-state index contributed by atoms with van der Waals surface area (Å²) < 4.78 is 13.1. The Balaban J connectivity index is 1.92. The fourth-order valence-corrected chi connectivity index (χ4v) is 2.70. The number of methoxy groups -OCH3 is 1. The van der Waals surface area contributed by atoms with E-state index < -0.39 is 0 Å². The molecule has 20 heavy (non-hydrogen) atoms. The standard InChI is InChI=1S/C14H15N3O2S/c1-15-9-12-13(16-14-17(12)7-8-20-14)19-11-5-3-10(18-2)4-6-11/h3-8,15H,9H2,1-2H3. The minimum absolute atomic E-state index is 0.636. The minimum atomic E-state index is 0.636. The van der Waals surface area contributed by atoms with Crippen molar-refractivity contribution in [3.63, 3.8) is 0 Å². The number of nitrogens with one attached hydrogen (secondary N) is 1. The number of aromatic nitrogens is 2.